The van der Waals surface area contributed by atoms with Gasteiger partial charge < -0.3 is 19.5 Å². The second kappa shape index (κ2) is 11.9. The number of nitrogens with zero attached hydrogens (tertiary/aromatic N) is 1. The van der Waals surface area contributed by atoms with Gasteiger partial charge in [-0.1, -0.05) is 30.3 Å². The highest BCUT2D eigenvalue weighted by Gasteiger charge is 2.27. The molecular weight excluding hydrogens is 408 g/mol. The first-order valence-electron chi connectivity index (χ1n) is 10.0. The zero-order chi connectivity index (χ0) is 22.8. The molecule has 1 amide bonds. The number of aryl methyl sites for hydroxylation is 1. The van der Waals surface area contributed by atoms with Crippen molar-refractivity contribution in [3.63, 3.8) is 0 Å². The summed E-state index contributed by atoms with van der Waals surface area (Å²) in [6.07, 6.45) is 2.17. The van der Waals surface area contributed by atoms with Crippen molar-refractivity contribution in [1.29, 1.82) is 0 Å². The number of carboxylic acids is 1. The van der Waals surface area contributed by atoms with E-state index in [0.29, 0.717) is 25.8 Å². The molecule has 0 fully saturated rings. The molecule has 0 aliphatic carbocycles. The van der Waals surface area contributed by atoms with Crippen LogP contribution in [0.15, 0.2) is 36.4 Å². The monoisotopic (exact) mass is 435 g/mol. The van der Waals surface area contributed by atoms with Crippen molar-refractivity contribution in [3.05, 3.63) is 59.2 Å². The molecule has 6 nitrogen and oxygen atoms in total. The molecule has 0 saturated heterocycles. The smallest absolute Gasteiger partial charge is 0.303 e. The molecule has 0 spiro atoms. The van der Waals surface area contributed by atoms with Gasteiger partial charge in [-0.3, -0.25) is 9.59 Å². The third kappa shape index (κ3) is 6.67. The molecule has 2 aromatic rings. The number of hydrogen-bond acceptors (Lipinski definition) is 4. The maximum absolute atomic E-state index is 14.8. The fourth-order valence-corrected chi connectivity index (χ4v) is 3.25. The molecule has 0 heterocycles. The van der Waals surface area contributed by atoms with Gasteiger partial charge in [-0.05, 0) is 37.3 Å². The Hall–Kier alpha value is -3.16. The van der Waals surface area contributed by atoms with Crippen LogP contribution in [0.4, 0.5) is 8.78 Å². The Bertz CT molecular complexity index is 889. The predicted octanol–water partition coefficient (Wildman–Crippen LogP) is 4.31. The number of unbranched alkanes of at least 4 members (excludes halogenated alkanes) is 1. The average molecular weight is 435 g/mol. The van der Waals surface area contributed by atoms with Crippen LogP contribution in [0.25, 0.3) is 0 Å². The van der Waals surface area contributed by atoms with Crippen LogP contribution in [0.5, 0.6) is 11.5 Å². The Labute approximate surface area is 180 Å². The van der Waals surface area contributed by atoms with Crippen molar-refractivity contribution in [2.24, 2.45) is 0 Å². The summed E-state index contributed by atoms with van der Waals surface area (Å²) in [5.74, 6) is -4.63. The van der Waals surface area contributed by atoms with E-state index in [2.05, 4.69) is 0 Å². The molecule has 31 heavy (non-hydrogen) atoms. The lowest BCUT2D eigenvalue weighted by Crippen LogP contribution is -2.34. The van der Waals surface area contributed by atoms with Gasteiger partial charge >= 0.3 is 5.97 Å². The van der Waals surface area contributed by atoms with E-state index in [9.17, 15) is 18.4 Å². The van der Waals surface area contributed by atoms with Gasteiger partial charge in [0.2, 0.25) is 5.82 Å². The fraction of sp³-hybridized carbons (Fsp3) is 0.391. The number of carboxylic acid groups (broad SMARTS) is 1. The Balaban J connectivity index is 2.20. The standard InChI is InChI=1S/C23H27F2NO5/c1-30-18-15-17(20(24)22(31-2)21(18)25)23(29)26(13-7-6-12-19(27)28)14-8-11-16-9-4-3-5-10-16/h3-5,9-10,15H,6-8,11-14H2,1-2H3,(H,27,28). The number of amides is 1. The topological polar surface area (TPSA) is 76.1 Å². The maximum atomic E-state index is 14.8. The number of methoxy groups -OCH3 is 2. The van der Waals surface area contributed by atoms with Gasteiger partial charge in [0, 0.05) is 19.5 Å². The molecule has 0 aliphatic rings. The predicted molar refractivity (Wildman–Crippen MR) is 112 cm³/mol. The maximum Gasteiger partial charge on any atom is 0.303 e. The minimum atomic E-state index is -1.09. The van der Waals surface area contributed by atoms with E-state index in [1.165, 1.54) is 12.0 Å². The van der Waals surface area contributed by atoms with E-state index in [0.717, 1.165) is 25.2 Å². The van der Waals surface area contributed by atoms with E-state index in [1.54, 1.807) is 0 Å². The molecule has 0 saturated carbocycles. The highest BCUT2D eigenvalue weighted by Crippen LogP contribution is 2.33. The number of hydrogen-bond donors (Lipinski definition) is 1. The van der Waals surface area contributed by atoms with Crippen molar-refractivity contribution < 1.29 is 33.0 Å². The molecule has 0 bridgehead atoms. The SMILES string of the molecule is COc1cc(C(=O)N(CCCCC(=O)O)CCCc2ccccc2)c(F)c(OC)c1F. The summed E-state index contributed by atoms with van der Waals surface area (Å²) in [5, 5.41) is 8.82. The van der Waals surface area contributed by atoms with Crippen molar-refractivity contribution in [2.45, 2.75) is 32.1 Å². The number of carbonyl (C=O) groups is 2. The number of ether oxygens (including phenoxy) is 2. The van der Waals surface area contributed by atoms with Crippen LogP contribution >= 0.6 is 0 Å². The normalized spacial score (nSPS) is 10.6. The van der Waals surface area contributed by atoms with Gasteiger partial charge in [-0.15, -0.1) is 0 Å². The zero-order valence-electron chi connectivity index (χ0n) is 17.7. The second-order valence-electron chi connectivity index (χ2n) is 7.02. The first-order valence-corrected chi connectivity index (χ1v) is 10.0. The van der Waals surface area contributed by atoms with Crippen molar-refractivity contribution in [3.8, 4) is 11.5 Å². The Morgan fingerprint density at radius 2 is 1.65 bits per heavy atom. The summed E-state index contributed by atoms with van der Waals surface area (Å²) < 4.78 is 38.7. The minimum absolute atomic E-state index is 0.0153. The van der Waals surface area contributed by atoms with Crippen LogP contribution in [-0.2, 0) is 11.2 Å². The number of halogens is 2. The lowest BCUT2D eigenvalue weighted by molar-refractivity contribution is -0.137. The second-order valence-corrected chi connectivity index (χ2v) is 7.02. The van der Waals surface area contributed by atoms with Gasteiger partial charge in [0.1, 0.15) is 0 Å². The summed E-state index contributed by atoms with van der Waals surface area (Å²) in [5.41, 5.74) is 0.755. The van der Waals surface area contributed by atoms with E-state index in [-0.39, 0.29) is 24.3 Å². The van der Waals surface area contributed by atoms with Gasteiger partial charge in [0.05, 0.1) is 19.8 Å². The third-order valence-electron chi connectivity index (χ3n) is 4.87. The largest absolute Gasteiger partial charge is 0.494 e. The molecule has 0 aliphatic heterocycles. The highest BCUT2D eigenvalue weighted by atomic mass is 19.1. The van der Waals surface area contributed by atoms with Crippen LogP contribution in [0.2, 0.25) is 0 Å². The minimum Gasteiger partial charge on any atom is -0.494 e. The summed E-state index contributed by atoms with van der Waals surface area (Å²) in [6.45, 7) is 0.588. The van der Waals surface area contributed by atoms with Crippen LogP contribution in [0, 0.1) is 11.6 Å². The first-order chi connectivity index (χ1) is 14.9. The summed E-state index contributed by atoms with van der Waals surface area (Å²) in [4.78, 5) is 25.3. The molecule has 2 rings (SSSR count). The Kier molecular flexibility index (Phi) is 9.24. The number of benzene rings is 2. The van der Waals surface area contributed by atoms with Gasteiger partial charge in [-0.2, -0.15) is 4.39 Å². The van der Waals surface area contributed by atoms with Gasteiger partial charge in [-0.25, -0.2) is 4.39 Å². The molecule has 0 atom stereocenters. The third-order valence-corrected chi connectivity index (χ3v) is 4.87. The highest BCUT2D eigenvalue weighted by molar-refractivity contribution is 5.95. The summed E-state index contributed by atoms with van der Waals surface area (Å²) >= 11 is 0. The van der Waals surface area contributed by atoms with Crippen molar-refractivity contribution in [1.82, 2.24) is 4.90 Å². The lowest BCUT2D eigenvalue weighted by atomic mass is 10.1. The zero-order valence-corrected chi connectivity index (χ0v) is 17.7. The number of aliphatic carboxylic acids is 1. The van der Waals surface area contributed by atoms with E-state index >= 15 is 0 Å². The molecule has 0 radical (unpaired) electrons. The molecule has 8 heteroatoms. The van der Waals surface area contributed by atoms with Crippen LogP contribution in [0.1, 0.15) is 41.6 Å². The molecule has 2 aromatic carbocycles. The fourth-order valence-electron chi connectivity index (χ4n) is 3.25. The summed E-state index contributed by atoms with van der Waals surface area (Å²) in [6, 6.07) is 10.8. The molecule has 1 N–H and O–H groups in total. The lowest BCUT2D eigenvalue weighted by Gasteiger charge is -2.24. The van der Waals surface area contributed by atoms with Crippen LogP contribution in [0.3, 0.4) is 0 Å². The number of rotatable bonds is 12. The van der Waals surface area contributed by atoms with Crippen LogP contribution in [-0.4, -0.2) is 49.2 Å². The Morgan fingerprint density at radius 1 is 0.968 bits per heavy atom. The first kappa shape index (κ1) is 24.1. The van der Waals surface area contributed by atoms with E-state index in [4.69, 9.17) is 14.6 Å². The van der Waals surface area contributed by atoms with E-state index < -0.39 is 29.3 Å². The van der Waals surface area contributed by atoms with Gasteiger partial charge in [0.15, 0.2) is 17.3 Å². The molecule has 168 valence electrons. The Morgan fingerprint density at radius 3 is 2.26 bits per heavy atom. The number of carbonyl (C=O) groups excluding carboxylic acids is 1. The molecular formula is C23H27F2NO5. The quantitative estimate of drug-likeness (QED) is 0.503. The van der Waals surface area contributed by atoms with Gasteiger partial charge in [0.25, 0.3) is 5.91 Å². The molecule has 0 aromatic heterocycles. The summed E-state index contributed by atoms with van der Waals surface area (Å²) in [7, 11) is 2.33. The van der Waals surface area contributed by atoms with Crippen LogP contribution < -0.4 is 9.47 Å². The average Bonchev–Trinajstić information content (AvgIpc) is 2.76. The molecule has 0 unspecified atom stereocenters. The van der Waals surface area contributed by atoms with E-state index in [1.807, 2.05) is 30.3 Å². The van der Waals surface area contributed by atoms with Crippen molar-refractivity contribution in [2.75, 3.05) is 27.3 Å². The van der Waals surface area contributed by atoms with Crippen molar-refractivity contribution >= 4 is 11.9 Å².